The molecular formula is C31H27NO5. The summed E-state index contributed by atoms with van der Waals surface area (Å²) >= 11 is 0. The van der Waals surface area contributed by atoms with E-state index in [4.69, 9.17) is 9.47 Å². The summed E-state index contributed by atoms with van der Waals surface area (Å²) in [5.74, 6) is -0.634. The summed E-state index contributed by atoms with van der Waals surface area (Å²) in [4.78, 5) is 28.5. The molecule has 0 spiro atoms. The van der Waals surface area contributed by atoms with Gasteiger partial charge in [-0.05, 0) is 41.5 Å². The van der Waals surface area contributed by atoms with Gasteiger partial charge in [-0.3, -0.25) is 14.5 Å². The first-order valence-corrected chi connectivity index (χ1v) is 12.2. The summed E-state index contributed by atoms with van der Waals surface area (Å²) in [6.07, 6.45) is 0.835. The Labute approximate surface area is 215 Å². The zero-order valence-corrected chi connectivity index (χ0v) is 20.7. The maximum absolute atomic E-state index is 13.5. The van der Waals surface area contributed by atoms with Crippen molar-refractivity contribution in [2.75, 3.05) is 18.6 Å². The number of ether oxygens (including phenoxy) is 2. The molecule has 0 radical (unpaired) electrons. The van der Waals surface area contributed by atoms with Crippen LogP contribution >= 0.6 is 0 Å². The fourth-order valence-corrected chi connectivity index (χ4v) is 4.72. The largest absolute Gasteiger partial charge is 0.507 e. The second-order valence-corrected chi connectivity index (χ2v) is 8.82. The SMILES string of the molecule is CCCOc1cccc(N2C(=O)C(=O)/C(=C(/O)c3ccc4ccccc4c3)C2c2ccccc2OC)c1. The van der Waals surface area contributed by atoms with E-state index in [1.807, 2.05) is 61.5 Å². The Morgan fingerprint density at radius 1 is 0.892 bits per heavy atom. The minimum absolute atomic E-state index is 0.00432. The Morgan fingerprint density at radius 2 is 1.65 bits per heavy atom. The van der Waals surface area contributed by atoms with Gasteiger partial charge in [0.25, 0.3) is 11.7 Å². The second-order valence-electron chi connectivity index (χ2n) is 8.82. The van der Waals surface area contributed by atoms with Crippen molar-refractivity contribution in [3.63, 3.8) is 0 Å². The molecule has 1 aliphatic rings. The molecule has 1 N–H and O–H groups in total. The smallest absolute Gasteiger partial charge is 0.300 e. The molecule has 4 aromatic rings. The van der Waals surface area contributed by atoms with Gasteiger partial charge in [0.15, 0.2) is 0 Å². The molecule has 1 atom stereocenters. The summed E-state index contributed by atoms with van der Waals surface area (Å²) < 4.78 is 11.4. The fraction of sp³-hybridized carbons (Fsp3) is 0.161. The van der Waals surface area contributed by atoms with Gasteiger partial charge in [0.1, 0.15) is 17.3 Å². The minimum Gasteiger partial charge on any atom is -0.507 e. The third-order valence-electron chi connectivity index (χ3n) is 6.47. The van der Waals surface area contributed by atoms with Gasteiger partial charge in [-0.2, -0.15) is 0 Å². The van der Waals surface area contributed by atoms with E-state index in [2.05, 4.69) is 0 Å². The van der Waals surface area contributed by atoms with Crippen molar-refractivity contribution in [1.29, 1.82) is 0 Å². The van der Waals surface area contributed by atoms with E-state index in [1.165, 1.54) is 12.0 Å². The van der Waals surface area contributed by atoms with E-state index in [0.29, 0.717) is 34.9 Å². The van der Waals surface area contributed by atoms with Crippen molar-refractivity contribution in [3.8, 4) is 11.5 Å². The van der Waals surface area contributed by atoms with Crippen LogP contribution in [0.2, 0.25) is 0 Å². The van der Waals surface area contributed by atoms with E-state index in [0.717, 1.165) is 17.2 Å². The number of nitrogens with zero attached hydrogens (tertiary/aromatic N) is 1. The van der Waals surface area contributed by atoms with Gasteiger partial charge in [0.2, 0.25) is 0 Å². The number of amides is 1. The first-order chi connectivity index (χ1) is 18.0. The number of aliphatic hydroxyl groups excluding tert-OH is 1. The molecule has 37 heavy (non-hydrogen) atoms. The van der Waals surface area contributed by atoms with Crippen LogP contribution in [0.5, 0.6) is 11.5 Å². The summed E-state index contributed by atoms with van der Waals surface area (Å²) in [6, 6.07) is 26.6. The lowest BCUT2D eigenvalue weighted by atomic mass is 9.93. The highest BCUT2D eigenvalue weighted by molar-refractivity contribution is 6.51. The van der Waals surface area contributed by atoms with Crippen LogP contribution in [-0.4, -0.2) is 30.5 Å². The van der Waals surface area contributed by atoms with Gasteiger partial charge in [0.05, 0.1) is 25.3 Å². The van der Waals surface area contributed by atoms with E-state index < -0.39 is 17.7 Å². The van der Waals surface area contributed by atoms with Gasteiger partial charge in [-0.15, -0.1) is 0 Å². The molecule has 186 valence electrons. The topological polar surface area (TPSA) is 76.1 Å². The molecule has 1 amide bonds. The lowest BCUT2D eigenvalue weighted by Crippen LogP contribution is -2.29. The monoisotopic (exact) mass is 493 g/mol. The molecule has 1 unspecified atom stereocenters. The predicted octanol–water partition coefficient (Wildman–Crippen LogP) is 6.26. The molecule has 6 heteroatoms. The summed E-state index contributed by atoms with van der Waals surface area (Å²) in [7, 11) is 1.54. The lowest BCUT2D eigenvalue weighted by molar-refractivity contribution is -0.132. The number of carbonyl (C=O) groups is 2. The molecule has 1 fully saturated rings. The van der Waals surface area contributed by atoms with Crippen molar-refractivity contribution in [2.24, 2.45) is 0 Å². The van der Waals surface area contributed by atoms with Crippen molar-refractivity contribution < 1.29 is 24.2 Å². The highest BCUT2D eigenvalue weighted by Gasteiger charge is 2.48. The van der Waals surface area contributed by atoms with Crippen LogP contribution in [0.1, 0.15) is 30.5 Å². The molecule has 4 aromatic carbocycles. The normalized spacial score (nSPS) is 16.8. The average molecular weight is 494 g/mol. The maximum Gasteiger partial charge on any atom is 0.300 e. The molecule has 6 nitrogen and oxygen atoms in total. The number of fused-ring (bicyclic) bond motifs is 1. The van der Waals surface area contributed by atoms with Crippen LogP contribution in [0.15, 0.2) is 96.6 Å². The average Bonchev–Trinajstić information content (AvgIpc) is 3.21. The molecule has 0 bridgehead atoms. The third kappa shape index (κ3) is 4.42. The van der Waals surface area contributed by atoms with Gasteiger partial charge in [-0.1, -0.05) is 67.6 Å². The first kappa shape index (κ1) is 24.1. The Morgan fingerprint density at radius 3 is 2.43 bits per heavy atom. The zero-order valence-electron chi connectivity index (χ0n) is 20.7. The summed E-state index contributed by atoms with van der Waals surface area (Å²) in [5.41, 5.74) is 1.54. The Balaban J connectivity index is 1.71. The first-order valence-electron chi connectivity index (χ1n) is 12.2. The summed E-state index contributed by atoms with van der Waals surface area (Å²) in [5, 5.41) is 13.4. The highest BCUT2D eigenvalue weighted by Crippen LogP contribution is 2.45. The summed E-state index contributed by atoms with van der Waals surface area (Å²) in [6.45, 7) is 2.54. The number of aliphatic hydroxyl groups is 1. The van der Waals surface area contributed by atoms with Crippen LogP contribution in [0.4, 0.5) is 5.69 Å². The van der Waals surface area contributed by atoms with Crippen molar-refractivity contribution in [3.05, 3.63) is 108 Å². The Kier molecular flexibility index (Phi) is 6.64. The van der Waals surface area contributed by atoms with Gasteiger partial charge in [0, 0.05) is 22.9 Å². The molecule has 1 aliphatic heterocycles. The number of benzene rings is 4. The van der Waals surface area contributed by atoms with Gasteiger partial charge < -0.3 is 14.6 Å². The number of hydrogen-bond acceptors (Lipinski definition) is 5. The number of para-hydroxylation sites is 1. The molecule has 1 heterocycles. The maximum atomic E-state index is 13.5. The van der Waals surface area contributed by atoms with Crippen LogP contribution in [-0.2, 0) is 9.59 Å². The van der Waals surface area contributed by atoms with Crippen molar-refractivity contribution in [1.82, 2.24) is 0 Å². The zero-order chi connectivity index (χ0) is 25.9. The second kappa shape index (κ2) is 10.2. The van der Waals surface area contributed by atoms with Crippen LogP contribution in [0, 0.1) is 0 Å². The van der Waals surface area contributed by atoms with E-state index >= 15 is 0 Å². The van der Waals surface area contributed by atoms with Gasteiger partial charge in [-0.25, -0.2) is 0 Å². The third-order valence-corrected chi connectivity index (χ3v) is 6.47. The van der Waals surface area contributed by atoms with E-state index in [1.54, 1.807) is 36.4 Å². The lowest BCUT2D eigenvalue weighted by Gasteiger charge is -2.27. The van der Waals surface area contributed by atoms with Crippen molar-refractivity contribution >= 4 is 33.9 Å². The van der Waals surface area contributed by atoms with Crippen LogP contribution in [0.25, 0.3) is 16.5 Å². The van der Waals surface area contributed by atoms with E-state index in [-0.39, 0.29) is 11.3 Å². The number of carbonyl (C=O) groups excluding carboxylic acids is 2. The molecule has 0 aromatic heterocycles. The van der Waals surface area contributed by atoms with Crippen LogP contribution < -0.4 is 14.4 Å². The number of hydrogen-bond donors (Lipinski definition) is 1. The number of rotatable bonds is 7. The molecule has 0 saturated carbocycles. The molecule has 0 aliphatic carbocycles. The molecular weight excluding hydrogens is 466 g/mol. The predicted molar refractivity (Wildman–Crippen MR) is 144 cm³/mol. The fourth-order valence-electron chi connectivity index (χ4n) is 4.72. The Hall–Kier alpha value is -4.58. The van der Waals surface area contributed by atoms with Crippen molar-refractivity contribution in [2.45, 2.75) is 19.4 Å². The number of ketones is 1. The number of Topliss-reactive ketones (excluding diaryl/α,β-unsaturated/α-hetero) is 1. The Bertz CT molecular complexity index is 1520. The van der Waals surface area contributed by atoms with Gasteiger partial charge >= 0.3 is 0 Å². The highest BCUT2D eigenvalue weighted by atomic mass is 16.5. The number of anilines is 1. The molecule has 1 saturated heterocycles. The molecule has 5 rings (SSSR count). The van der Waals surface area contributed by atoms with E-state index in [9.17, 15) is 14.7 Å². The number of methoxy groups -OCH3 is 1. The standard InChI is InChI=1S/C31H27NO5/c1-3-17-37-24-12-8-11-23(19-24)32-28(25-13-6-7-14-26(25)36-2)27(30(34)31(32)35)29(33)22-16-15-20-9-4-5-10-21(20)18-22/h4-16,18-19,28,33H,3,17H2,1-2H3/b29-27+. The quantitative estimate of drug-likeness (QED) is 0.187. The van der Waals surface area contributed by atoms with Crippen LogP contribution in [0.3, 0.4) is 0 Å². The minimum atomic E-state index is -0.899.